The van der Waals surface area contributed by atoms with Crippen molar-refractivity contribution in [1.29, 1.82) is 0 Å². The fourth-order valence-electron chi connectivity index (χ4n) is 1.54. The standard InChI is InChI=1S/C11H11NO3/c1-14-8-5-3-7-4-6-9(13)12-10(7)11(8)15-2/h3-6H,1-2H3,(H,12,13). The number of rotatable bonds is 2. The first-order valence-corrected chi connectivity index (χ1v) is 4.50. The molecule has 4 heteroatoms. The Labute approximate surface area is 86.5 Å². The Hall–Kier alpha value is -1.97. The summed E-state index contributed by atoms with van der Waals surface area (Å²) in [4.78, 5) is 13.9. The molecule has 1 heterocycles. The summed E-state index contributed by atoms with van der Waals surface area (Å²) in [5, 5.41) is 0.909. The Bertz CT molecular complexity index is 545. The number of pyridine rings is 1. The van der Waals surface area contributed by atoms with E-state index in [1.807, 2.05) is 6.07 Å². The van der Waals surface area contributed by atoms with E-state index in [4.69, 9.17) is 9.47 Å². The number of aromatic nitrogens is 1. The lowest BCUT2D eigenvalue weighted by Crippen LogP contribution is -2.04. The van der Waals surface area contributed by atoms with Crippen molar-refractivity contribution in [3.63, 3.8) is 0 Å². The molecule has 0 spiro atoms. The minimum Gasteiger partial charge on any atom is -0.493 e. The summed E-state index contributed by atoms with van der Waals surface area (Å²) < 4.78 is 10.3. The highest BCUT2D eigenvalue weighted by molar-refractivity contribution is 5.86. The van der Waals surface area contributed by atoms with Crippen LogP contribution in [0.5, 0.6) is 11.5 Å². The number of hydrogen-bond donors (Lipinski definition) is 1. The average Bonchev–Trinajstić information content (AvgIpc) is 2.27. The van der Waals surface area contributed by atoms with E-state index in [0.717, 1.165) is 5.39 Å². The van der Waals surface area contributed by atoms with Gasteiger partial charge in [0.05, 0.1) is 19.7 Å². The highest BCUT2D eigenvalue weighted by atomic mass is 16.5. The molecule has 78 valence electrons. The van der Waals surface area contributed by atoms with Gasteiger partial charge in [-0.1, -0.05) is 0 Å². The van der Waals surface area contributed by atoms with Crippen LogP contribution in [-0.2, 0) is 0 Å². The average molecular weight is 205 g/mol. The maximum absolute atomic E-state index is 11.2. The molecule has 0 atom stereocenters. The SMILES string of the molecule is COc1ccc2ccc(=O)[nH]c2c1OC. The Morgan fingerprint density at radius 2 is 1.80 bits per heavy atom. The number of fused-ring (bicyclic) bond motifs is 1. The topological polar surface area (TPSA) is 51.3 Å². The molecule has 0 aliphatic carbocycles. The van der Waals surface area contributed by atoms with Gasteiger partial charge in [0, 0.05) is 11.5 Å². The van der Waals surface area contributed by atoms with Crippen LogP contribution in [0.15, 0.2) is 29.1 Å². The molecule has 0 unspecified atom stereocenters. The molecule has 2 rings (SSSR count). The van der Waals surface area contributed by atoms with E-state index in [9.17, 15) is 4.79 Å². The lowest BCUT2D eigenvalue weighted by atomic mass is 10.2. The van der Waals surface area contributed by atoms with Gasteiger partial charge in [-0.05, 0) is 18.2 Å². The summed E-state index contributed by atoms with van der Waals surface area (Å²) in [5.41, 5.74) is 0.499. The monoisotopic (exact) mass is 205 g/mol. The van der Waals surface area contributed by atoms with Crippen LogP contribution in [0, 0.1) is 0 Å². The summed E-state index contributed by atoms with van der Waals surface area (Å²) in [6.07, 6.45) is 0. The fraction of sp³-hybridized carbons (Fsp3) is 0.182. The Morgan fingerprint density at radius 3 is 2.47 bits per heavy atom. The fourth-order valence-corrected chi connectivity index (χ4v) is 1.54. The normalized spacial score (nSPS) is 10.3. The van der Waals surface area contributed by atoms with Crippen molar-refractivity contribution in [3.8, 4) is 11.5 Å². The van der Waals surface area contributed by atoms with Crippen LogP contribution < -0.4 is 15.0 Å². The minimum atomic E-state index is -0.158. The molecule has 15 heavy (non-hydrogen) atoms. The summed E-state index contributed by atoms with van der Waals surface area (Å²) in [7, 11) is 3.10. The number of nitrogens with one attached hydrogen (secondary N) is 1. The van der Waals surface area contributed by atoms with Crippen LogP contribution in [0.1, 0.15) is 0 Å². The van der Waals surface area contributed by atoms with E-state index in [1.54, 1.807) is 26.4 Å². The van der Waals surface area contributed by atoms with Gasteiger partial charge in [-0.15, -0.1) is 0 Å². The van der Waals surface area contributed by atoms with Crippen molar-refractivity contribution in [2.24, 2.45) is 0 Å². The zero-order valence-electron chi connectivity index (χ0n) is 8.53. The van der Waals surface area contributed by atoms with Gasteiger partial charge in [-0.2, -0.15) is 0 Å². The molecule has 1 aromatic carbocycles. The zero-order valence-corrected chi connectivity index (χ0v) is 8.53. The molecule has 0 aliphatic heterocycles. The Kier molecular flexibility index (Phi) is 2.33. The predicted molar refractivity (Wildman–Crippen MR) is 57.7 cm³/mol. The van der Waals surface area contributed by atoms with E-state index < -0.39 is 0 Å². The third-order valence-corrected chi connectivity index (χ3v) is 2.24. The molecule has 0 saturated heterocycles. The number of aromatic amines is 1. The number of H-pyrrole nitrogens is 1. The molecule has 0 saturated carbocycles. The van der Waals surface area contributed by atoms with E-state index in [1.165, 1.54) is 6.07 Å². The highest BCUT2D eigenvalue weighted by Crippen LogP contribution is 2.32. The van der Waals surface area contributed by atoms with Crippen LogP contribution in [0.2, 0.25) is 0 Å². The first-order chi connectivity index (χ1) is 7.26. The van der Waals surface area contributed by atoms with Crippen LogP contribution in [0.25, 0.3) is 10.9 Å². The van der Waals surface area contributed by atoms with Gasteiger partial charge in [-0.3, -0.25) is 4.79 Å². The van der Waals surface area contributed by atoms with Crippen LogP contribution in [0.4, 0.5) is 0 Å². The highest BCUT2D eigenvalue weighted by Gasteiger charge is 2.08. The van der Waals surface area contributed by atoms with E-state index in [0.29, 0.717) is 17.0 Å². The Morgan fingerprint density at radius 1 is 1.07 bits per heavy atom. The zero-order chi connectivity index (χ0) is 10.8. The second kappa shape index (κ2) is 3.65. The van der Waals surface area contributed by atoms with Crippen LogP contribution in [-0.4, -0.2) is 19.2 Å². The second-order valence-corrected chi connectivity index (χ2v) is 3.09. The molecular weight excluding hydrogens is 194 g/mol. The van der Waals surface area contributed by atoms with Crippen molar-refractivity contribution >= 4 is 10.9 Å². The first-order valence-electron chi connectivity index (χ1n) is 4.50. The number of hydrogen-bond acceptors (Lipinski definition) is 3. The maximum atomic E-state index is 11.2. The molecule has 4 nitrogen and oxygen atoms in total. The quantitative estimate of drug-likeness (QED) is 0.809. The van der Waals surface area contributed by atoms with E-state index in [2.05, 4.69) is 4.98 Å². The summed E-state index contributed by atoms with van der Waals surface area (Å²) in [6, 6.07) is 6.90. The van der Waals surface area contributed by atoms with Crippen LogP contribution in [0.3, 0.4) is 0 Å². The predicted octanol–water partition coefficient (Wildman–Crippen LogP) is 1.55. The summed E-state index contributed by atoms with van der Waals surface area (Å²) in [5.74, 6) is 1.15. The van der Waals surface area contributed by atoms with Gasteiger partial charge in [-0.25, -0.2) is 0 Å². The third-order valence-electron chi connectivity index (χ3n) is 2.24. The van der Waals surface area contributed by atoms with Gasteiger partial charge in [0.15, 0.2) is 11.5 Å². The first kappa shape index (κ1) is 9.58. The van der Waals surface area contributed by atoms with Crippen LogP contribution >= 0.6 is 0 Å². The lowest BCUT2D eigenvalue weighted by Gasteiger charge is -2.09. The third kappa shape index (κ3) is 1.54. The van der Waals surface area contributed by atoms with E-state index in [-0.39, 0.29) is 5.56 Å². The molecule has 1 N–H and O–H groups in total. The molecule has 0 bridgehead atoms. The molecular formula is C11H11NO3. The van der Waals surface area contributed by atoms with E-state index >= 15 is 0 Å². The van der Waals surface area contributed by atoms with Gasteiger partial charge in [0.25, 0.3) is 0 Å². The molecule has 0 aliphatic rings. The number of methoxy groups -OCH3 is 2. The molecule has 2 aromatic rings. The Balaban J connectivity index is 2.84. The van der Waals surface area contributed by atoms with Gasteiger partial charge in [0.2, 0.25) is 5.56 Å². The lowest BCUT2D eigenvalue weighted by molar-refractivity contribution is 0.358. The molecule has 1 aromatic heterocycles. The molecule has 0 amide bonds. The molecule has 0 fully saturated rings. The van der Waals surface area contributed by atoms with Crippen molar-refractivity contribution in [2.75, 3.05) is 14.2 Å². The second-order valence-electron chi connectivity index (χ2n) is 3.09. The summed E-state index contributed by atoms with van der Waals surface area (Å²) >= 11 is 0. The van der Waals surface area contributed by atoms with Crippen molar-refractivity contribution in [2.45, 2.75) is 0 Å². The van der Waals surface area contributed by atoms with Crippen molar-refractivity contribution in [1.82, 2.24) is 4.98 Å². The number of benzene rings is 1. The summed E-state index contributed by atoms with van der Waals surface area (Å²) in [6.45, 7) is 0. The van der Waals surface area contributed by atoms with Crippen molar-refractivity contribution < 1.29 is 9.47 Å². The minimum absolute atomic E-state index is 0.158. The number of ether oxygens (including phenoxy) is 2. The smallest absolute Gasteiger partial charge is 0.248 e. The maximum Gasteiger partial charge on any atom is 0.248 e. The van der Waals surface area contributed by atoms with Gasteiger partial charge < -0.3 is 14.5 Å². The largest absolute Gasteiger partial charge is 0.493 e. The van der Waals surface area contributed by atoms with Gasteiger partial charge >= 0.3 is 0 Å². The van der Waals surface area contributed by atoms with Crippen molar-refractivity contribution in [3.05, 3.63) is 34.6 Å². The van der Waals surface area contributed by atoms with Gasteiger partial charge in [0.1, 0.15) is 0 Å². The molecule has 0 radical (unpaired) electrons.